The highest BCUT2D eigenvalue weighted by Gasteiger charge is 2.24. The number of hydrogen-bond donors (Lipinski definition) is 2. The van der Waals surface area contributed by atoms with E-state index >= 15 is 0 Å². The van der Waals surface area contributed by atoms with Gasteiger partial charge in [0.05, 0.1) is 0 Å². The zero-order chi connectivity index (χ0) is 22.6. The van der Waals surface area contributed by atoms with E-state index in [1.165, 1.54) is 85.4 Å². The number of piperidine rings is 1. The lowest BCUT2D eigenvalue weighted by Gasteiger charge is -2.27. The van der Waals surface area contributed by atoms with Gasteiger partial charge in [0.25, 0.3) is 0 Å². The van der Waals surface area contributed by atoms with Crippen LogP contribution in [0, 0.1) is 12.8 Å². The third-order valence-electron chi connectivity index (χ3n) is 8.29. The second kappa shape index (κ2) is 11.6. The van der Waals surface area contributed by atoms with Gasteiger partial charge in [0.15, 0.2) is 0 Å². The SMILES string of the molecule is C.Cc1cccc(C(CCCC2CCC(N)CC2)c2cn(C3CCNCC3)c3ccccc23)c1. The molecule has 1 atom stereocenters. The van der Waals surface area contributed by atoms with Gasteiger partial charge in [-0.15, -0.1) is 0 Å². The fourth-order valence-electron chi connectivity index (χ4n) is 6.37. The van der Waals surface area contributed by atoms with Crippen LogP contribution in [0.15, 0.2) is 54.7 Å². The van der Waals surface area contributed by atoms with Gasteiger partial charge in [-0.1, -0.05) is 68.3 Å². The molecular formula is C31H45N3. The van der Waals surface area contributed by atoms with Crippen LogP contribution in [0.25, 0.3) is 10.9 Å². The zero-order valence-corrected chi connectivity index (χ0v) is 20.3. The van der Waals surface area contributed by atoms with Crippen molar-refractivity contribution in [1.29, 1.82) is 0 Å². The first kappa shape index (κ1) is 25.0. The first-order chi connectivity index (χ1) is 16.2. The van der Waals surface area contributed by atoms with Crippen molar-refractivity contribution < 1.29 is 0 Å². The van der Waals surface area contributed by atoms with Crippen LogP contribution in [-0.4, -0.2) is 23.7 Å². The molecule has 3 nitrogen and oxygen atoms in total. The Labute approximate surface area is 207 Å². The maximum Gasteiger partial charge on any atom is 0.0485 e. The number of nitrogens with zero attached hydrogens (tertiary/aromatic N) is 1. The Morgan fingerprint density at radius 3 is 2.50 bits per heavy atom. The van der Waals surface area contributed by atoms with Gasteiger partial charge in [-0.25, -0.2) is 0 Å². The van der Waals surface area contributed by atoms with Gasteiger partial charge in [0, 0.05) is 35.1 Å². The molecule has 0 amide bonds. The highest BCUT2D eigenvalue weighted by molar-refractivity contribution is 5.85. The Morgan fingerprint density at radius 2 is 1.74 bits per heavy atom. The smallest absolute Gasteiger partial charge is 0.0485 e. The lowest BCUT2D eigenvalue weighted by molar-refractivity contribution is 0.302. The Morgan fingerprint density at radius 1 is 0.971 bits per heavy atom. The first-order valence-electron chi connectivity index (χ1n) is 13.3. The molecule has 2 aliphatic rings. The van der Waals surface area contributed by atoms with E-state index in [0.29, 0.717) is 18.0 Å². The first-order valence-corrected chi connectivity index (χ1v) is 13.3. The Kier molecular flexibility index (Phi) is 8.50. The maximum absolute atomic E-state index is 6.15. The van der Waals surface area contributed by atoms with Crippen LogP contribution in [0.2, 0.25) is 0 Å². The predicted molar refractivity (Wildman–Crippen MR) is 147 cm³/mol. The summed E-state index contributed by atoms with van der Waals surface area (Å²) < 4.78 is 2.61. The van der Waals surface area contributed by atoms with Crippen LogP contribution >= 0.6 is 0 Å². The Balaban J connectivity index is 0.00000274. The monoisotopic (exact) mass is 459 g/mol. The summed E-state index contributed by atoms with van der Waals surface area (Å²) in [6.45, 7) is 4.47. The van der Waals surface area contributed by atoms with Gasteiger partial charge >= 0.3 is 0 Å². The molecule has 1 aliphatic heterocycles. The molecule has 0 bridgehead atoms. The molecule has 2 fully saturated rings. The summed E-state index contributed by atoms with van der Waals surface area (Å²) in [5, 5.41) is 4.98. The molecule has 184 valence electrons. The summed E-state index contributed by atoms with van der Waals surface area (Å²) in [6, 6.07) is 19.4. The van der Waals surface area contributed by atoms with E-state index < -0.39 is 0 Å². The van der Waals surface area contributed by atoms with E-state index in [-0.39, 0.29) is 7.43 Å². The zero-order valence-electron chi connectivity index (χ0n) is 20.3. The van der Waals surface area contributed by atoms with Gasteiger partial charge in [-0.3, -0.25) is 0 Å². The normalized spacial score (nSPS) is 22.4. The molecule has 1 unspecified atom stereocenters. The fraction of sp³-hybridized carbons (Fsp3) is 0.548. The van der Waals surface area contributed by atoms with Crippen molar-refractivity contribution in [2.75, 3.05) is 13.1 Å². The number of aromatic nitrogens is 1. The van der Waals surface area contributed by atoms with Crippen molar-refractivity contribution in [2.24, 2.45) is 11.7 Å². The van der Waals surface area contributed by atoms with Crippen molar-refractivity contribution in [3.63, 3.8) is 0 Å². The number of fused-ring (bicyclic) bond motifs is 1. The summed E-state index contributed by atoms with van der Waals surface area (Å²) in [4.78, 5) is 0. The average Bonchev–Trinajstić information content (AvgIpc) is 3.23. The lowest BCUT2D eigenvalue weighted by atomic mass is 9.81. The quantitative estimate of drug-likeness (QED) is 0.388. The van der Waals surface area contributed by atoms with Crippen molar-refractivity contribution in [3.8, 4) is 0 Å². The summed E-state index contributed by atoms with van der Waals surface area (Å²) in [5.41, 5.74) is 11.9. The average molecular weight is 460 g/mol. The topological polar surface area (TPSA) is 43.0 Å². The van der Waals surface area contributed by atoms with Crippen LogP contribution < -0.4 is 11.1 Å². The standard InChI is InChI=1S/C30H41N3.CH4/c1-22-6-4-8-24(20-22)27(10-5-7-23-12-14-25(31)15-13-23)29-21-33(26-16-18-32-19-17-26)30-11-3-2-9-28(29)30;/h2-4,6,8-9,11,20-21,23,25-27,32H,5,7,10,12-19,31H2,1H3;1H4. The van der Waals surface area contributed by atoms with E-state index in [0.717, 1.165) is 19.0 Å². The minimum atomic E-state index is 0. The summed E-state index contributed by atoms with van der Waals surface area (Å²) in [6.07, 6.45) is 13.9. The molecule has 34 heavy (non-hydrogen) atoms. The highest BCUT2D eigenvalue weighted by Crippen LogP contribution is 2.39. The van der Waals surface area contributed by atoms with Crippen LogP contribution in [0.3, 0.4) is 0 Å². The van der Waals surface area contributed by atoms with E-state index in [2.05, 4.69) is 71.5 Å². The van der Waals surface area contributed by atoms with Crippen LogP contribution in [0.4, 0.5) is 0 Å². The van der Waals surface area contributed by atoms with Gasteiger partial charge in [0.1, 0.15) is 0 Å². The number of nitrogens with one attached hydrogen (secondary N) is 1. The number of aryl methyl sites for hydroxylation is 1. The van der Waals surface area contributed by atoms with Gasteiger partial charge in [0.2, 0.25) is 0 Å². The summed E-state index contributed by atoms with van der Waals surface area (Å²) >= 11 is 0. The maximum atomic E-state index is 6.15. The van der Waals surface area contributed by atoms with E-state index in [1.807, 2.05) is 0 Å². The van der Waals surface area contributed by atoms with Crippen LogP contribution in [-0.2, 0) is 0 Å². The molecule has 0 spiro atoms. The molecular weight excluding hydrogens is 414 g/mol. The number of rotatable bonds is 7. The molecule has 2 heterocycles. The lowest BCUT2D eigenvalue weighted by Crippen LogP contribution is -2.29. The molecule has 3 N–H and O–H groups in total. The Hall–Kier alpha value is -2.10. The third kappa shape index (κ3) is 5.58. The van der Waals surface area contributed by atoms with Gasteiger partial charge in [-0.05, 0) is 88.1 Å². The van der Waals surface area contributed by atoms with Crippen molar-refractivity contribution in [2.45, 2.75) is 90.1 Å². The molecule has 3 aromatic rings. The van der Waals surface area contributed by atoms with Crippen LogP contribution in [0.5, 0.6) is 0 Å². The van der Waals surface area contributed by atoms with Crippen LogP contribution in [0.1, 0.15) is 93.9 Å². The molecule has 1 aliphatic carbocycles. The highest BCUT2D eigenvalue weighted by atomic mass is 15.0. The molecule has 5 rings (SSSR count). The predicted octanol–water partition coefficient (Wildman–Crippen LogP) is 7.33. The molecule has 1 saturated heterocycles. The van der Waals surface area contributed by atoms with E-state index in [4.69, 9.17) is 5.73 Å². The minimum absolute atomic E-state index is 0. The Bertz CT molecular complexity index is 1040. The molecule has 0 radical (unpaired) electrons. The third-order valence-corrected chi connectivity index (χ3v) is 8.29. The number of para-hydroxylation sites is 1. The second-order valence-electron chi connectivity index (χ2n) is 10.7. The summed E-state index contributed by atoms with van der Waals surface area (Å²) in [7, 11) is 0. The molecule has 3 heteroatoms. The van der Waals surface area contributed by atoms with Crippen molar-refractivity contribution >= 4 is 10.9 Å². The molecule has 1 aromatic heterocycles. The van der Waals surface area contributed by atoms with Crippen molar-refractivity contribution in [1.82, 2.24) is 9.88 Å². The van der Waals surface area contributed by atoms with Gasteiger partial charge < -0.3 is 15.6 Å². The fourth-order valence-corrected chi connectivity index (χ4v) is 6.37. The molecule has 1 saturated carbocycles. The number of hydrogen-bond acceptors (Lipinski definition) is 2. The van der Waals surface area contributed by atoms with Crippen molar-refractivity contribution in [3.05, 3.63) is 71.4 Å². The summed E-state index contributed by atoms with van der Waals surface area (Å²) in [5.74, 6) is 1.34. The minimum Gasteiger partial charge on any atom is -0.344 e. The van der Waals surface area contributed by atoms with E-state index in [9.17, 15) is 0 Å². The van der Waals surface area contributed by atoms with Gasteiger partial charge in [-0.2, -0.15) is 0 Å². The number of nitrogens with two attached hydrogens (primary N) is 1. The number of benzene rings is 2. The molecule has 2 aromatic carbocycles. The second-order valence-corrected chi connectivity index (χ2v) is 10.7. The van der Waals surface area contributed by atoms with E-state index in [1.54, 1.807) is 0 Å². The largest absolute Gasteiger partial charge is 0.344 e.